The largest absolute Gasteiger partial charge is 0.480 e. The number of aryl methyl sites for hydroxylation is 1. The number of hydrogen-bond donors (Lipinski definition) is 2. The third-order valence-electron chi connectivity index (χ3n) is 1.78. The van der Waals surface area contributed by atoms with Crippen LogP contribution < -0.4 is 5.32 Å². The highest BCUT2D eigenvalue weighted by Gasteiger charge is 2.15. The standard InChI is InChI=1S/C8H13N3O2/c1-6-3-10-11(4-6)5-7(9-2)8(12)13/h3-4,7,9H,5H2,1-2H3,(H,12,13). The lowest BCUT2D eigenvalue weighted by Crippen LogP contribution is -2.37. The molecule has 72 valence electrons. The predicted octanol–water partition coefficient (Wildman–Crippen LogP) is -0.136. The minimum absolute atomic E-state index is 0.347. The van der Waals surface area contributed by atoms with Gasteiger partial charge in [-0.15, -0.1) is 0 Å². The molecule has 0 saturated heterocycles. The number of nitrogens with one attached hydrogen (secondary N) is 1. The van der Waals surface area contributed by atoms with Crippen LogP contribution in [0.15, 0.2) is 12.4 Å². The number of nitrogens with zero attached hydrogens (tertiary/aromatic N) is 2. The Balaban J connectivity index is 2.61. The van der Waals surface area contributed by atoms with E-state index in [1.54, 1.807) is 17.9 Å². The van der Waals surface area contributed by atoms with E-state index in [1.807, 2.05) is 13.1 Å². The van der Waals surface area contributed by atoms with E-state index in [0.29, 0.717) is 6.54 Å². The fraction of sp³-hybridized carbons (Fsp3) is 0.500. The van der Waals surface area contributed by atoms with Gasteiger partial charge in [-0.3, -0.25) is 9.48 Å². The van der Waals surface area contributed by atoms with Crippen LogP contribution in [0.5, 0.6) is 0 Å². The first kappa shape index (κ1) is 9.73. The van der Waals surface area contributed by atoms with Crippen molar-refractivity contribution in [1.29, 1.82) is 0 Å². The summed E-state index contributed by atoms with van der Waals surface area (Å²) in [6.45, 7) is 2.26. The van der Waals surface area contributed by atoms with Gasteiger partial charge in [-0.05, 0) is 19.5 Å². The van der Waals surface area contributed by atoms with Gasteiger partial charge in [0.1, 0.15) is 6.04 Å². The summed E-state index contributed by atoms with van der Waals surface area (Å²) in [5.74, 6) is -0.865. The van der Waals surface area contributed by atoms with Crippen LogP contribution in [0.3, 0.4) is 0 Å². The van der Waals surface area contributed by atoms with Crippen molar-refractivity contribution in [3.8, 4) is 0 Å². The van der Waals surface area contributed by atoms with Crippen molar-refractivity contribution in [3.05, 3.63) is 18.0 Å². The molecule has 1 aromatic heterocycles. The summed E-state index contributed by atoms with van der Waals surface area (Å²) in [5, 5.41) is 15.4. The summed E-state index contributed by atoms with van der Waals surface area (Å²) < 4.78 is 1.62. The van der Waals surface area contributed by atoms with Gasteiger partial charge in [-0.1, -0.05) is 0 Å². The Hall–Kier alpha value is -1.36. The monoisotopic (exact) mass is 183 g/mol. The maximum Gasteiger partial charge on any atom is 0.322 e. The molecule has 0 spiro atoms. The van der Waals surface area contributed by atoms with E-state index in [9.17, 15) is 4.79 Å². The molecule has 1 rings (SSSR count). The van der Waals surface area contributed by atoms with Crippen molar-refractivity contribution in [2.24, 2.45) is 0 Å². The fourth-order valence-electron chi connectivity index (χ4n) is 1.05. The van der Waals surface area contributed by atoms with Gasteiger partial charge >= 0.3 is 5.97 Å². The second-order valence-corrected chi connectivity index (χ2v) is 2.92. The summed E-state index contributed by atoms with van der Waals surface area (Å²) in [5.41, 5.74) is 1.03. The Bertz CT molecular complexity index is 295. The van der Waals surface area contributed by atoms with E-state index in [2.05, 4.69) is 10.4 Å². The van der Waals surface area contributed by atoms with Crippen LogP contribution in [0.4, 0.5) is 0 Å². The molecule has 0 radical (unpaired) electrons. The van der Waals surface area contributed by atoms with Crippen molar-refractivity contribution in [1.82, 2.24) is 15.1 Å². The Morgan fingerprint density at radius 1 is 1.85 bits per heavy atom. The van der Waals surface area contributed by atoms with Crippen LogP contribution in [-0.4, -0.2) is 33.9 Å². The zero-order valence-corrected chi connectivity index (χ0v) is 7.69. The Morgan fingerprint density at radius 2 is 2.54 bits per heavy atom. The van der Waals surface area contributed by atoms with Gasteiger partial charge in [0.15, 0.2) is 0 Å². The summed E-state index contributed by atoms with van der Waals surface area (Å²) >= 11 is 0. The number of rotatable bonds is 4. The Morgan fingerprint density at radius 3 is 2.92 bits per heavy atom. The average Bonchev–Trinajstić information content (AvgIpc) is 2.46. The van der Waals surface area contributed by atoms with Crippen LogP contribution in [0.2, 0.25) is 0 Å². The molecular formula is C8H13N3O2. The lowest BCUT2D eigenvalue weighted by Gasteiger charge is -2.10. The molecule has 0 fully saturated rings. The third kappa shape index (κ3) is 2.55. The Labute approximate surface area is 76.4 Å². The number of carboxylic acid groups (broad SMARTS) is 1. The minimum atomic E-state index is -0.865. The normalized spacial score (nSPS) is 12.8. The maximum absolute atomic E-state index is 10.6. The van der Waals surface area contributed by atoms with Gasteiger partial charge in [0.05, 0.1) is 12.7 Å². The molecule has 1 unspecified atom stereocenters. The minimum Gasteiger partial charge on any atom is -0.480 e. The van der Waals surface area contributed by atoms with E-state index in [0.717, 1.165) is 5.56 Å². The topological polar surface area (TPSA) is 67.2 Å². The fourth-order valence-corrected chi connectivity index (χ4v) is 1.05. The van der Waals surface area contributed by atoms with Gasteiger partial charge in [0.2, 0.25) is 0 Å². The zero-order valence-electron chi connectivity index (χ0n) is 7.69. The number of aromatic nitrogens is 2. The van der Waals surface area contributed by atoms with E-state index in [1.165, 1.54) is 0 Å². The van der Waals surface area contributed by atoms with Crippen molar-refractivity contribution in [2.75, 3.05) is 7.05 Å². The van der Waals surface area contributed by atoms with Crippen LogP contribution in [0.1, 0.15) is 5.56 Å². The van der Waals surface area contributed by atoms with E-state index < -0.39 is 12.0 Å². The average molecular weight is 183 g/mol. The molecule has 0 saturated carbocycles. The van der Waals surface area contributed by atoms with Gasteiger partial charge < -0.3 is 10.4 Å². The highest BCUT2D eigenvalue weighted by atomic mass is 16.4. The van der Waals surface area contributed by atoms with E-state index in [-0.39, 0.29) is 0 Å². The molecule has 5 nitrogen and oxygen atoms in total. The molecule has 0 aliphatic rings. The highest BCUT2D eigenvalue weighted by Crippen LogP contribution is 1.96. The van der Waals surface area contributed by atoms with E-state index >= 15 is 0 Å². The lowest BCUT2D eigenvalue weighted by molar-refractivity contribution is -0.139. The van der Waals surface area contributed by atoms with Crippen molar-refractivity contribution >= 4 is 5.97 Å². The molecule has 2 N–H and O–H groups in total. The first-order valence-electron chi connectivity index (χ1n) is 4.02. The smallest absolute Gasteiger partial charge is 0.322 e. The SMILES string of the molecule is CNC(Cn1cc(C)cn1)C(=O)O. The molecule has 0 amide bonds. The highest BCUT2D eigenvalue weighted by molar-refractivity contribution is 5.73. The van der Waals surface area contributed by atoms with Crippen LogP contribution in [0, 0.1) is 6.92 Å². The summed E-state index contributed by atoms with van der Waals surface area (Å²) in [4.78, 5) is 10.6. The quantitative estimate of drug-likeness (QED) is 0.682. The first-order chi connectivity index (χ1) is 6.13. The number of carboxylic acids is 1. The molecule has 5 heteroatoms. The number of hydrogen-bond acceptors (Lipinski definition) is 3. The van der Waals surface area contributed by atoms with Crippen LogP contribution in [-0.2, 0) is 11.3 Å². The Kier molecular flexibility index (Phi) is 3.02. The lowest BCUT2D eigenvalue weighted by atomic mass is 10.3. The van der Waals surface area contributed by atoms with Crippen LogP contribution in [0.25, 0.3) is 0 Å². The molecule has 1 aromatic rings. The van der Waals surface area contributed by atoms with E-state index in [4.69, 9.17) is 5.11 Å². The summed E-state index contributed by atoms with van der Waals surface area (Å²) in [6.07, 6.45) is 3.52. The summed E-state index contributed by atoms with van der Waals surface area (Å²) in [6, 6.07) is -0.584. The number of likely N-dealkylation sites (N-methyl/N-ethyl adjacent to an activating group) is 1. The molecule has 0 aliphatic carbocycles. The predicted molar refractivity (Wildman–Crippen MR) is 47.4 cm³/mol. The molecular weight excluding hydrogens is 170 g/mol. The first-order valence-corrected chi connectivity index (χ1v) is 4.02. The maximum atomic E-state index is 10.6. The third-order valence-corrected chi connectivity index (χ3v) is 1.78. The number of aliphatic carboxylic acids is 1. The van der Waals surface area contributed by atoms with Gasteiger partial charge in [0.25, 0.3) is 0 Å². The second-order valence-electron chi connectivity index (χ2n) is 2.92. The van der Waals surface area contributed by atoms with Crippen molar-refractivity contribution in [3.63, 3.8) is 0 Å². The van der Waals surface area contributed by atoms with Gasteiger partial charge in [-0.2, -0.15) is 5.10 Å². The molecule has 0 aromatic carbocycles. The molecule has 13 heavy (non-hydrogen) atoms. The second kappa shape index (κ2) is 4.04. The number of carbonyl (C=O) groups is 1. The van der Waals surface area contributed by atoms with Gasteiger partial charge in [0, 0.05) is 6.20 Å². The van der Waals surface area contributed by atoms with Gasteiger partial charge in [-0.25, -0.2) is 0 Å². The molecule has 1 atom stereocenters. The van der Waals surface area contributed by atoms with Crippen LogP contribution >= 0.6 is 0 Å². The molecule has 0 aliphatic heterocycles. The van der Waals surface area contributed by atoms with Crippen molar-refractivity contribution in [2.45, 2.75) is 19.5 Å². The summed E-state index contributed by atoms with van der Waals surface area (Å²) in [7, 11) is 1.62. The van der Waals surface area contributed by atoms with Crippen molar-refractivity contribution < 1.29 is 9.90 Å². The molecule has 0 bridgehead atoms. The molecule has 1 heterocycles. The zero-order chi connectivity index (χ0) is 9.84.